The van der Waals surface area contributed by atoms with E-state index in [4.69, 9.17) is 15.3 Å². The molecule has 0 unspecified atom stereocenters. The number of halogens is 1. The Labute approximate surface area is 130 Å². The molecular formula is C16H8FN3O3. The number of rotatable bonds is 4. The van der Waals surface area contributed by atoms with Crippen molar-refractivity contribution in [2.45, 2.75) is 0 Å². The van der Waals surface area contributed by atoms with Crippen LogP contribution >= 0.6 is 0 Å². The van der Waals surface area contributed by atoms with E-state index >= 15 is 0 Å². The van der Waals surface area contributed by atoms with Gasteiger partial charge in [0.2, 0.25) is 5.75 Å². The molecule has 2 aromatic rings. The maximum absolute atomic E-state index is 12.9. The Morgan fingerprint density at radius 1 is 1.17 bits per heavy atom. The Balaban J connectivity index is 2.40. The van der Waals surface area contributed by atoms with Gasteiger partial charge in [-0.05, 0) is 42.0 Å². The van der Waals surface area contributed by atoms with Crippen LogP contribution in [0.1, 0.15) is 5.56 Å². The Kier molecular flexibility index (Phi) is 4.66. The second kappa shape index (κ2) is 6.83. The van der Waals surface area contributed by atoms with Gasteiger partial charge in [0, 0.05) is 6.07 Å². The molecule has 23 heavy (non-hydrogen) atoms. The smallest absolute Gasteiger partial charge is 0.312 e. The van der Waals surface area contributed by atoms with E-state index in [1.165, 1.54) is 48.5 Å². The zero-order valence-electron chi connectivity index (χ0n) is 11.6. The van der Waals surface area contributed by atoms with Crippen molar-refractivity contribution in [3.63, 3.8) is 0 Å². The summed E-state index contributed by atoms with van der Waals surface area (Å²) in [6.07, 6.45) is 1.23. The minimum atomic E-state index is -0.644. The molecule has 0 spiro atoms. The number of nitriles is 2. The van der Waals surface area contributed by atoms with E-state index in [2.05, 4.69) is 0 Å². The van der Waals surface area contributed by atoms with Crippen LogP contribution < -0.4 is 4.74 Å². The zero-order valence-corrected chi connectivity index (χ0v) is 11.6. The number of nitro benzene ring substituents is 1. The van der Waals surface area contributed by atoms with E-state index in [0.29, 0.717) is 5.56 Å². The number of nitrogens with zero attached hydrogens (tertiary/aromatic N) is 3. The summed E-state index contributed by atoms with van der Waals surface area (Å²) >= 11 is 0. The van der Waals surface area contributed by atoms with Crippen molar-refractivity contribution < 1.29 is 14.1 Å². The van der Waals surface area contributed by atoms with E-state index < -0.39 is 10.7 Å². The highest BCUT2D eigenvalue weighted by atomic mass is 19.1. The number of ether oxygens (including phenoxy) is 1. The molecule has 7 heteroatoms. The van der Waals surface area contributed by atoms with Crippen molar-refractivity contribution in [3.05, 3.63) is 69.5 Å². The minimum absolute atomic E-state index is 0.0331. The van der Waals surface area contributed by atoms with Gasteiger partial charge < -0.3 is 4.74 Å². The second-order valence-electron chi connectivity index (χ2n) is 4.32. The van der Waals surface area contributed by atoms with E-state index in [1.54, 1.807) is 12.1 Å². The lowest BCUT2D eigenvalue weighted by Gasteiger charge is -2.07. The predicted molar refractivity (Wildman–Crippen MR) is 78.8 cm³/mol. The predicted octanol–water partition coefficient (Wildman–Crippen LogP) is 3.96. The molecule has 0 saturated carbocycles. The Morgan fingerprint density at radius 3 is 2.39 bits per heavy atom. The quantitative estimate of drug-likeness (QED) is 0.483. The summed E-state index contributed by atoms with van der Waals surface area (Å²) in [5, 5.41) is 28.6. The molecule has 0 saturated heterocycles. The van der Waals surface area contributed by atoms with Gasteiger partial charge in [0.15, 0.2) is 0 Å². The highest BCUT2D eigenvalue weighted by molar-refractivity contribution is 5.66. The third-order valence-electron chi connectivity index (χ3n) is 2.77. The molecule has 0 heterocycles. The third-order valence-corrected chi connectivity index (χ3v) is 2.77. The van der Waals surface area contributed by atoms with Gasteiger partial charge in [-0.25, -0.2) is 4.39 Å². The lowest BCUT2D eigenvalue weighted by molar-refractivity contribution is -0.385. The van der Waals surface area contributed by atoms with Gasteiger partial charge in [-0.1, -0.05) is 6.07 Å². The molecule has 2 rings (SSSR count). The normalized spacial score (nSPS) is 9.35. The van der Waals surface area contributed by atoms with Crippen LogP contribution in [0.5, 0.6) is 11.5 Å². The first-order valence-corrected chi connectivity index (χ1v) is 6.27. The molecule has 0 N–H and O–H groups in total. The van der Waals surface area contributed by atoms with Crippen LogP contribution in [-0.4, -0.2) is 4.92 Å². The molecule has 0 aromatic heterocycles. The molecule has 0 aliphatic carbocycles. The zero-order chi connectivity index (χ0) is 16.8. The fourth-order valence-corrected chi connectivity index (χ4v) is 1.74. The topological polar surface area (TPSA) is 100.0 Å². The molecular weight excluding hydrogens is 301 g/mol. The summed E-state index contributed by atoms with van der Waals surface area (Å²) in [7, 11) is 0. The number of hydrogen-bond donors (Lipinski definition) is 0. The highest BCUT2D eigenvalue weighted by Gasteiger charge is 2.16. The molecule has 0 fully saturated rings. The van der Waals surface area contributed by atoms with Crippen LogP contribution in [0.3, 0.4) is 0 Å². The van der Waals surface area contributed by atoms with E-state index in [1.807, 2.05) is 0 Å². The van der Waals surface area contributed by atoms with Crippen molar-refractivity contribution in [2.24, 2.45) is 0 Å². The van der Waals surface area contributed by atoms with Gasteiger partial charge in [-0.2, -0.15) is 10.5 Å². The summed E-state index contributed by atoms with van der Waals surface area (Å²) in [6.45, 7) is 0. The van der Waals surface area contributed by atoms with Crippen molar-refractivity contribution >= 4 is 11.8 Å². The molecule has 0 bridgehead atoms. The maximum Gasteiger partial charge on any atom is 0.312 e. The molecule has 0 aliphatic heterocycles. The number of allylic oxidation sites excluding steroid dienone is 1. The maximum atomic E-state index is 12.9. The van der Waals surface area contributed by atoms with Gasteiger partial charge in [0.05, 0.1) is 4.92 Å². The average Bonchev–Trinajstić information content (AvgIpc) is 2.55. The lowest BCUT2D eigenvalue weighted by atomic mass is 10.1. The van der Waals surface area contributed by atoms with Crippen molar-refractivity contribution in [2.75, 3.05) is 0 Å². The highest BCUT2D eigenvalue weighted by Crippen LogP contribution is 2.32. The fraction of sp³-hybridized carbons (Fsp3) is 0. The van der Waals surface area contributed by atoms with Gasteiger partial charge in [0.25, 0.3) is 0 Å². The summed E-state index contributed by atoms with van der Waals surface area (Å²) in [5.41, 5.74) is -0.189. The van der Waals surface area contributed by atoms with Crippen LogP contribution in [0.15, 0.2) is 48.0 Å². The lowest BCUT2D eigenvalue weighted by Crippen LogP contribution is -1.94. The van der Waals surface area contributed by atoms with Gasteiger partial charge >= 0.3 is 5.69 Å². The SMILES string of the molecule is N#CC(C#N)=Cc1ccc(Oc2ccc(F)cc2)c([N+](=O)[O-])c1. The van der Waals surface area contributed by atoms with Crippen LogP contribution in [0, 0.1) is 38.6 Å². The first kappa shape index (κ1) is 15.7. The summed E-state index contributed by atoms with van der Waals surface area (Å²) < 4.78 is 18.2. The summed E-state index contributed by atoms with van der Waals surface area (Å²) in [6, 6.07) is 12.4. The molecule has 6 nitrogen and oxygen atoms in total. The largest absolute Gasteiger partial charge is 0.450 e. The van der Waals surface area contributed by atoms with E-state index in [0.717, 1.165) is 0 Å². The first-order valence-electron chi connectivity index (χ1n) is 6.27. The van der Waals surface area contributed by atoms with Crippen LogP contribution in [0.2, 0.25) is 0 Å². The molecule has 0 atom stereocenters. The average molecular weight is 309 g/mol. The van der Waals surface area contributed by atoms with Crippen LogP contribution in [-0.2, 0) is 0 Å². The monoisotopic (exact) mass is 309 g/mol. The summed E-state index contributed by atoms with van der Waals surface area (Å²) in [4.78, 5) is 10.5. The second-order valence-corrected chi connectivity index (χ2v) is 4.32. The fourth-order valence-electron chi connectivity index (χ4n) is 1.74. The van der Waals surface area contributed by atoms with Crippen molar-refractivity contribution in [1.82, 2.24) is 0 Å². The first-order chi connectivity index (χ1) is 11.0. The third kappa shape index (κ3) is 3.90. The molecule has 0 aliphatic rings. The number of benzene rings is 2. The van der Waals surface area contributed by atoms with Crippen LogP contribution in [0.25, 0.3) is 6.08 Å². The standard InChI is InChI=1S/C16H8FN3O3/c17-13-2-4-14(5-3-13)23-16-6-1-11(7-12(9-18)10-19)8-15(16)20(21)22/h1-8H. The number of hydrogen-bond acceptors (Lipinski definition) is 5. The van der Waals surface area contributed by atoms with Crippen molar-refractivity contribution in [3.8, 4) is 23.6 Å². The van der Waals surface area contributed by atoms with Crippen LogP contribution in [0.4, 0.5) is 10.1 Å². The minimum Gasteiger partial charge on any atom is -0.450 e. The van der Waals surface area contributed by atoms with Gasteiger partial charge in [0.1, 0.15) is 29.3 Å². The Bertz CT molecular complexity index is 846. The molecule has 2 aromatic carbocycles. The van der Waals surface area contributed by atoms with Crippen molar-refractivity contribution in [1.29, 1.82) is 10.5 Å². The molecule has 0 amide bonds. The Morgan fingerprint density at radius 2 is 1.83 bits per heavy atom. The Hall–Kier alpha value is -3.71. The summed E-state index contributed by atoms with van der Waals surface area (Å²) in [5.74, 6) is -0.241. The van der Waals surface area contributed by atoms with E-state index in [9.17, 15) is 14.5 Å². The van der Waals surface area contributed by atoms with Gasteiger partial charge in [-0.15, -0.1) is 0 Å². The molecule has 0 radical (unpaired) electrons. The van der Waals surface area contributed by atoms with Gasteiger partial charge in [-0.3, -0.25) is 10.1 Å². The number of nitro groups is 1. The van der Waals surface area contributed by atoms with E-state index in [-0.39, 0.29) is 22.8 Å². The molecule has 112 valence electrons.